The second-order valence-corrected chi connectivity index (χ2v) is 6.72. The van der Waals surface area contributed by atoms with Gasteiger partial charge in [0.2, 0.25) is 5.91 Å². The monoisotopic (exact) mass is 381 g/mol. The molecular formula is C23H27NO4. The van der Waals surface area contributed by atoms with Crippen LogP contribution in [0.15, 0.2) is 54.6 Å². The maximum atomic E-state index is 12.9. The highest BCUT2D eigenvalue weighted by Crippen LogP contribution is 2.14. The van der Waals surface area contributed by atoms with Gasteiger partial charge in [-0.25, -0.2) is 4.79 Å². The van der Waals surface area contributed by atoms with E-state index in [0.29, 0.717) is 12.1 Å². The van der Waals surface area contributed by atoms with Gasteiger partial charge in [0, 0.05) is 24.9 Å². The van der Waals surface area contributed by atoms with E-state index in [9.17, 15) is 14.4 Å². The van der Waals surface area contributed by atoms with Gasteiger partial charge in [-0.05, 0) is 26.3 Å². The molecule has 0 spiro atoms. The van der Waals surface area contributed by atoms with Crippen LogP contribution in [0.3, 0.4) is 0 Å². The average molecular weight is 381 g/mol. The Balaban J connectivity index is 2.07. The van der Waals surface area contributed by atoms with Crippen LogP contribution in [0.25, 0.3) is 0 Å². The average Bonchev–Trinajstić information content (AvgIpc) is 2.71. The molecule has 0 heterocycles. The third kappa shape index (κ3) is 6.05. The van der Waals surface area contributed by atoms with Gasteiger partial charge in [-0.15, -0.1) is 0 Å². The van der Waals surface area contributed by atoms with Crippen molar-refractivity contribution in [3.63, 3.8) is 0 Å². The second-order valence-electron chi connectivity index (χ2n) is 6.72. The predicted molar refractivity (Wildman–Crippen MR) is 108 cm³/mol. The number of hydrogen-bond donors (Lipinski definition) is 0. The Kier molecular flexibility index (Phi) is 7.93. The standard InChI is InChI=1S/C23H27NO4/c1-4-28-23(27)18(3)24(16-19-8-6-5-7-9-19)22(26)15-14-21(25)20-12-10-17(2)11-13-20/h5-13,18H,4,14-16H2,1-3H3. The Bertz CT molecular complexity index is 799. The van der Waals surface area contributed by atoms with Crippen LogP contribution in [0.4, 0.5) is 0 Å². The number of esters is 1. The molecule has 1 amide bonds. The maximum Gasteiger partial charge on any atom is 0.328 e. The fourth-order valence-electron chi connectivity index (χ4n) is 2.86. The van der Waals surface area contributed by atoms with Gasteiger partial charge in [0.1, 0.15) is 6.04 Å². The van der Waals surface area contributed by atoms with E-state index in [1.165, 1.54) is 4.90 Å². The van der Waals surface area contributed by atoms with Crippen molar-refractivity contribution in [2.24, 2.45) is 0 Å². The number of nitrogens with zero attached hydrogens (tertiary/aromatic N) is 1. The summed E-state index contributed by atoms with van der Waals surface area (Å²) in [6.45, 7) is 5.88. The molecule has 0 aromatic heterocycles. The van der Waals surface area contributed by atoms with Crippen molar-refractivity contribution in [1.29, 1.82) is 0 Å². The highest BCUT2D eigenvalue weighted by atomic mass is 16.5. The molecule has 5 heteroatoms. The van der Waals surface area contributed by atoms with Crippen LogP contribution in [-0.4, -0.2) is 35.2 Å². The van der Waals surface area contributed by atoms with Crippen LogP contribution in [0.5, 0.6) is 0 Å². The molecule has 5 nitrogen and oxygen atoms in total. The largest absolute Gasteiger partial charge is 0.464 e. The minimum atomic E-state index is -0.720. The van der Waals surface area contributed by atoms with E-state index in [0.717, 1.165) is 11.1 Å². The summed E-state index contributed by atoms with van der Waals surface area (Å²) < 4.78 is 5.08. The van der Waals surface area contributed by atoms with Crippen molar-refractivity contribution in [2.75, 3.05) is 6.61 Å². The highest BCUT2D eigenvalue weighted by Gasteiger charge is 2.27. The molecule has 0 saturated heterocycles. The molecule has 148 valence electrons. The topological polar surface area (TPSA) is 63.7 Å². The fourth-order valence-corrected chi connectivity index (χ4v) is 2.86. The lowest BCUT2D eigenvalue weighted by Gasteiger charge is -2.28. The molecule has 0 aliphatic rings. The van der Waals surface area contributed by atoms with Crippen LogP contribution in [0.1, 0.15) is 48.2 Å². The first kappa shape index (κ1) is 21.4. The Hall–Kier alpha value is -2.95. The smallest absolute Gasteiger partial charge is 0.328 e. The third-order valence-corrected chi connectivity index (χ3v) is 4.55. The Labute approximate surface area is 166 Å². The number of rotatable bonds is 9. The van der Waals surface area contributed by atoms with Gasteiger partial charge < -0.3 is 9.64 Å². The number of ether oxygens (including phenoxy) is 1. The van der Waals surface area contributed by atoms with Crippen molar-refractivity contribution >= 4 is 17.7 Å². The van der Waals surface area contributed by atoms with Crippen molar-refractivity contribution in [1.82, 2.24) is 4.90 Å². The molecule has 0 bridgehead atoms. The van der Waals surface area contributed by atoms with Gasteiger partial charge in [0.15, 0.2) is 5.78 Å². The summed E-state index contributed by atoms with van der Waals surface area (Å²) >= 11 is 0. The van der Waals surface area contributed by atoms with E-state index >= 15 is 0 Å². The van der Waals surface area contributed by atoms with Crippen molar-refractivity contribution in [2.45, 2.75) is 46.2 Å². The Morgan fingerprint density at radius 2 is 1.61 bits per heavy atom. The number of carbonyl (C=O) groups is 3. The van der Waals surface area contributed by atoms with Gasteiger partial charge in [-0.2, -0.15) is 0 Å². The first-order valence-electron chi connectivity index (χ1n) is 9.52. The van der Waals surface area contributed by atoms with Crippen LogP contribution in [0.2, 0.25) is 0 Å². The molecule has 0 fully saturated rings. The van der Waals surface area contributed by atoms with E-state index in [2.05, 4.69) is 0 Å². The first-order chi connectivity index (χ1) is 13.4. The summed E-state index contributed by atoms with van der Waals surface area (Å²) in [7, 11) is 0. The van der Waals surface area contributed by atoms with E-state index in [4.69, 9.17) is 4.74 Å². The number of amides is 1. The first-order valence-corrected chi connectivity index (χ1v) is 9.52. The fraction of sp³-hybridized carbons (Fsp3) is 0.348. The quantitative estimate of drug-likeness (QED) is 0.488. The molecule has 1 unspecified atom stereocenters. The van der Waals surface area contributed by atoms with Gasteiger partial charge >= 0.3 is 5.97 Å². The normalized spacial score (nSPS) is 11.5. The maximum absolute atomic E-state index is 12.9. The molecule has 0 saturated carbocycles. The predicted octanol–water partition coefficient (Wildman–Crippen LogP) is 3.94. The molecular weight excluding hydrogens is 354 g/mol. The summed E-state index contributed by atoms with van der Waals surface area (Å²) in [4.78, 5) is 38.9. The minimum absolute atomic E-state index is 0.0449. The summed E-state index contributed by atoms with van der Waals surface area (Å²) in [6.07, 6.45) is 0.145. The van der Waals surface area contributed by atoms with Crippen LogP contribution < -0.4 is 0 Å². The van der Waals surface area contributed by atoms with Gasteiger partial charge in [-0.3, -0.25) is 9.59 Å². The molecule has 2 aromatic carbocycles. The lowest BCUT2D eigenvalue weighted by Crippen LogP contribution is -2.43. The molecule has 28 heavy (non-hydrogen) atoms. The van der Waals surface area contributed by atoms with Gasteiger partial charge in [0.05, 0.1) is 6.61 Å². The molecule has 0 N–H and O–H groups in total. The molecule has 2 rings (SSSR count). The molecule has 2 aromatic rings. The SMILES string of the molecule is CCOC(=O)C(C)N(Cc1ccccc1)C(=O)CCC(=O)c1ccc(C)cc1. The number of hydrogen-bond acceptors (Lipinski definition) is 4. The summed E-state index contributed by atoms with van der Waals surface area (Å²) in [6, 6.07) is 16.0. The highest BCUT2D eigenvalue weighted by molar-refractivity contribution is 5.98. The Morgan fingerprint density at radius 3 is 2.21 bits per heavy atom. The number of aryl methyl sites for hydroxylation is 1. The Morgan fingerprint density at radius 1 is 0.964 bits per heavy atom. The van der Waals surface area contributed by atoms with E-state index in [1.54, 1.807) is 26.0 Å². The van der Waals surface area contributed by atoms with E-state index in [1.807, 2.05) is 49.4 Å². The van der Waals surface area contributed by atoms with Crippen LogP contribution >= 0.6 is 0 Å². The van der Waals surface area contributed by atoms with Gasteiger partial charge in [-0.1, -0.05) is 60.2 Å². The second kappa shape index (κ2) is 10.4. The zero-order chi connectivity index (χ0) is 20.5. The van der Waals surface area contributed by atoms with E-state index in [-0.39, 0.29) is 31.1 Å². The van der Waals surface area contributed by atoms with Gasteiger partial charge in [0.25, 0.3) is 0 Å². The zero-order valence-electron chi connectivity index (χ0n) is 16.7. The number of ketones is 1. The number of benzene rings is 2. The number of carbonyl (C=O) groups excluding carboxylic acids is 3. The molecule has 0 aliphatic heterocycles. The van der Waals surface area contributed by atoms with Crippen LogP contribution in [0, 0.1) is 6.92 Å². The van der Waals surface area contributed by atoms with Crippen molar-refractivity contribution < 1.29 is 19.1 Å². The lowest BCUT2D eigenvalue weighted by molar-refractivity contribution is -0.154. The minimum Gasteiger partial charge on any atom is -0.464 e. The van der Waals surface area contributed by atoms with Crippen molar-refractivity contribution in [3.05, 3.63) is 71.3 Å². The zero-order valence-corrected chi connectivity index (χ0v) is 16.7. The van der Waals surface area contributed by atoms with Crippen LogP contribution in [-0.2, 0) is 20.9 Å². The summed E-state index contributed by atoms with van der Waals surface area (Å²) in [5, 5.41) is 0. The molecule has 0 radical (unpaired) electrons. The third-order valence-electron chi connectivity index (χ3n) is 4.55. The lowest BCUT2D eigenvalue weighted by atomic mass is 10.0. The van der Waals surface area contributed by atoms with E-state index < -0.39 is 12.0 Å². The molecule has 1 atom stereocenters. The number of Topliss-reactive ketones (excluding diaryl/α,β-unsaturated/α-hetero) is 1. The summed E-state index contributed by atoms with van der Waals surface area (Å²) in [5.74, 6) is -0.779. The summed E-state index contributed by atoms with van der Waals surface area (Å²) in [5.41, 5.74) is 2.58. The van der Waals surface area contributed by atoms with Crippen molar-refractivity contribution in [3.8, 4) is 0 Å². The molecule has 0 aliphatic carbocycles.